The number of phenolic OH excluding ortho intramolecular Hbond substituents is 1. The summed E-state index contributed by atoms with van der Waals surface area (Å²) in [6.45, 7) is 2.55. The molecule has 0 radical (unpaired) electrons. The molecule has 0 saturated carbocycles. The second kappa shape index (κ2) is 7.31. The van der Waals surface area contributed by atoms with Gasteiger partial charge in [0.25, 0.3) is 0 Å². The number of benzene rings is 2. The van der Waals surface area contributed by atoms with Crippen molar-refractivity contribution < 1.29 is 14.7 Å². The molecular weight excluding hydrogens is 342 g/mol. The fourth-order valence-corrected chi connectivity index (χ4v) is 3.74. The summed E-state index contributed by atoms with van der Waals surface area (Å²) < 4.78 is 0. The van der Waals surface area contributed by atoms with Crippen molar-refractivity contribution in [3.63, 3.8) is 0 Å². The second-order valence-electron chi connectivity index (χ2n) is 7.15. The van der Waals surface area contributed by atoms with Crippen molar-refractivity contribution in [2.45, 2.75) is 19.3 Å². The van der Waals surface area contributed by atoms with Crippen LogP contribution in [0, 0.1) is 5.92 Å². The second-order valence-corrected chi connectivity index (χ2v) is 7.15. The third-order valence-electron chi connectivity index (χ3n) is 5.26. The number of hydrogen-bond donors (Lipinski definition) is 2. The van der Waals surface area contributed by atoms with Crippen molar-refractivity contribution in [3.8, 4) is 5.75 Å². The van der Waals surface area contributed by atoms with Gasteiger partial charge in [0.2, 0.25) is 11.8 Å². The van der Waals surface area contributed by atoms with Gasteiger partial charge >= 0.3 is 0 Å². The quantitative estimate of drug-likeness (QED) is 0.817. The minimum absolute atomic E-state index is 0.0326. The summed E-state index contributed by atoms with van der Waals surface area (Å²) in [5, 5.41) is 12.1. The Kier molecular flexibility index (Phi) is 4.71. The Morgan fingerprint density at radius 3 is 2.26 bits per heavy atom. The number of amides is 2. The summed E-state index contributed by atoms with van der Waals surface area (Å²) in [6, 6.07) is 14.3. The third kappa shape index (κ3) is 3.74. The van der Waals surface area contributed by atoms with Crippen LogP contribution in [0.5, 0.6) is 5.75 Å². The summed E-state index contributed by atoms with van der Waals surface area (Å²) >= 11 is 0. The summed E-state index contributed by atoms with van der Waals surface area (Å²) in [4.78, 5) is 29.0. The Morgan fingerprint density at radius 2 is 1.59 bits per heavy atom. The average molecular weight is 365 g/mol. The molecule has 2 heterocycles. The number of aromatic hydroxyl groups is 1. The lowest BCUT2D eigenvalue weighted by atomic mass is 10.1. The van der Waals surface area contributed by atoms with Gasteiger partial charge in [-0.15, -0.1) is 0 Å². The molecule has 0 aromatic heterocycles. The van der Waals surface area contributed by atoms with E-state index < -0.39 is 0 Å². The molecular formula is C21H23N3O3. The Morgan fingerprint density at radius 1 is 0.963 bits per heavy atom. The molecule has 2 fully saturated rings. The molecule has 2 aliphatic heterocycles. The van der Waals surface area contributed by atoms with Gasteiger partial charge < -0.3 is 20.2 Å². The van der Waals surface area contributed by atoms with Crippen LogP contribution in [-0.4, -0.2) is 36.6 Å². The number of rotatable bonds is 4. The van der Waals surface area contributed by atoms with E-state index >= 15 is 0 Å². The Balaban J connectivity index is 1.40. The van der Waals surface area contributed by atoms with Crippen LogP contribution in [0.4, 0.5) is 17.1 Å². The van der Waals surface area contributed by atoms with Crippen LogP contribution in [0.15, 0.2) is 48.5 Å². The normalized spacial score (nSPS) is 19.6. The summed E-state index contributed by atoms with van der Waals surface area (Å²) in [5.74, 6) is -0.447. The minimum atomic E-state index is -0.385. The summed E-state index contributed by atoms with van der Waals surface area (Å²) in [6.07, 6.45) is 2.66. The molecule has 0 aliphatic carbocycles. The Bertz CT molecular complexity index is 827. The van der Waals surface area contributed by atoms with Crippen LogP contribution in [-0.2, 0) is 9.59 Å². The average Bonchev–Trinajstić information content (AvgIpc) is 3.34. The van der Waals surface area contributed by atoms with Gasteiger partial charge in [0.1, 0.15) is 5.75 Å². The maximum absolute atomic E-state index is 12.5. The lowest BCUT2D eigenvalue weighted by Gasteiger charge is -2.20. The molecule has 27 heavy (non-hydrogen) atoms. The van der Waals surface area contributed by atoms with Crippen molar-refractivity contribution in [1.82, 2.24) is 0 Å². The first-order valence-corrected chi connectivity index (χ1v) is 9.35. The summed E-state index contributed by atoms with van der Waals surface area (Å²) in [7, 11) is 0. The van der Waals surface area contributed by atoms with Crippen molar-refractivity contribution in [1.29, 1.82) is 0 Å². The van der Waals surface area contributed by atoms with Gasteiger partial charge in [0, 0.05) is 43.1 Å². The minimum Gasteiger partial charge on any atom is -0.508 e. The fraction of sp³-hybridized carbons (Fsp3) is 0.333. The molecule has 2 aliphatic rings. The van der Waals surface area contributed by atoms with Gasteiger partial charge in [-0.2, -0.15) is 0 Å². The van der Waals surface area contributed by atoms with Crippen LogP contribution in [0.1, 0.15) is 19.3 Å². The van der Waals surface area contributed by atoms with E-state index in [0.717, 1.165) is 18.8 Å². The Labute approximate surface area is 158 Å². The molecule has 2 N–H and O–H groups in total. The monoisotopic (exact) mass is 365 g/mol. The van der Waals surface area contributed by atoms with Crippen LogP contribution >= 0.6 is 0 Å². The molecule has 6 nitrogen and oxygen atoms in total. The van der Waals surface area contributed by atoms with Gasteiger partial charge in [-0.25, -0.2) is 0 Å². The molecule has 0 spiro atoms. The first kappa shape index (κ1) is 17.4. The van der Waals surface area contributed by atoms with Crippen molar-refractivity contribution in [3.05, 3.63) is 48.5 Å². The lowest BCUT2D eigenvalue weighted by molar-refractivity contribution is -0.122. The zero-order valence-electron chi connectivity index (χ0n) is 15.1. The van der Waals surface area contributed by atoms with Crippen molar-refractivity contribution in [2.75, 3.05) is 34.8 Å². The highest BCUT2D eigenvalue weighted by Crippen LogP contribution is 2.29. The van der Waals surface area contributed by atoms with Crippen molar-refractivity contribution >= 4 is 28.9 Å². The van der Waals surface area contributed by atoms with Gasteiger partial charge in [-0.3, -0.25) is 9.59 Å². The first-order valence-electron chi connectivity index (χ1n) is 9.35. The number of nitrogens with one attached hydrogen (secondary N) is 1. The molecule has 2 amide bonds. The van der Waals surface area contributed by atoms with E-state index in [4.69, 9.17) is 0 Å². The van der Waals surface area contributed by atoms with E-state index in [1.807, 2.05) is 12.1 Å². The smallest absolute Gasteiger partial charge is 0.229 e. The van der Waals surface area contributed by atoms with Crippen LogP contribution in [0.25, 0.3) is 0 Å². The molecule has 2 aromatic rings. The number of carbonyl (C=O) groups excluding carboxylic acids is 2. The summed E-state index contributed by atoms with van der Waals surface area (Å²) in [5.41, 5.74) is 2.63. The van der Waals surface area contributed by atoms with Crippen LogP contribution < -0.4 is 15.1 Å². The van der Waals surface area contributed by atoms with E-state index in [0.29, 0.717) is 12.2 Å². The number of carbonyl (C=O) groups is 2. The maximum atomic E-state index is 12.5. The topological polar surface area (TPSA) is 72.9 Å². The largest absolute Gasteiger partial charge is 0.508 e. The van der Waals surface area contributed by atoms with Crippen LogP contribution in [0.2, 0.25) is 0 Å². The fourth-order valence-electron chi connectivity index (χ4n) is 3.74. The molecule has 6 heteroatoms. The molecule has 140 valence electrons. The van der Waals surface area contributed by atoms with Gasteiger partial charge in [0.05, 0.1) is 5.92 Å². The first-order chi connectivity index (χ1) is 13.1. The maximum Gasteiger partial charge on any atom is 0.229 e. The molecule has 1 unspecified atom stereocenters. The third-order valence-corrected chi connectivity index (χ3v) is 5.26. The molecule has 0 bridgehead atoms. The zero-order chi connectivity index (χ0) is 18.8. The Hall–Kier alpha value is -3.02. The van der Waals surface area contributed by atoms with E-state index in [2.05, 4.69) is 22.3 Å². The molecule has 1 atom stereocenters. The number of anilines is 3. The van der Waals surface area contributed by atoms with Gasteiger partial charge in [-0.05, 0) is 61.4 Å². The van der Waals surface area contributed by atoms with E-state index in [-0.39, 0.29) is 29.9 Å². The predicted molar refractivity (Wildman–Crippen MR) is 105 cm³/mol. The predicted octanol–water partition coefficient (Wildman–Crippen LogP) is 2.98. The van der Waals surface area contributed by atoms with E-state index in [9.17, 15) is 14.7 Å². The van der Waals surface area contributed by atoms with Gasteiger partial charge in [-0.1, -0.05) is 0 Å². The van der Waals surface area contributed by atoms with Gasteiger partial charge in [0.15, 0.2) is 0 Å². The van der Waals surface area contributed by atoms with Crippen molar-refractivity contribution in [2.24, 2.45) is 5.92 Å². The number of phenols is 1. The standard InChI is InChI=1S/C21H23N3O3/c25-19-9-3-16(4-10-19)22-21(27)15-13-20(26)24(14-15)18-7-5-17(6-8-18)23-11-1-2-12-23/h3-10,15,25H,1-2,11-14H2,(H,22,27). The molecule has 4 rings (SSSR count). The number of nitrogens with zero attached hydrogens (tertiary/aromatic N) is 2. The van der Waals surface area contributed by atoms with E-state index in [1.165, 1.54) is 30.7 Å². The zero-order valence-corrected chi connectivity index (χ0v) is 15.1. The SMILES string of the molecule is O=C(Nc1ccc(O)cc1)C1CC(=O)N(c2ccc(N3CCCC3)cc2)C1. The van der Waals surface area contributed by atoms with E-state index in [1.54, 1.807) is 17.0 Å². The lowest BCUT2D eigenvalue weighted by Crippen LogP contribution is -2.28. The highest BCUT2D eigenvalue weighted by atomic mass is 16.3. The molecule has 2 aromatic carbocycles. The highest BCUT2D eigenvalue weighted by Gasteiger charge is 2.35. The molecule has 2 saturated heterocycles. The highest BCUT2D eigenvalue weighted by molar-refractivity contribution is 6.03. The van der Waals surface area contributed by atoms with Crippen LogP contribution in [0.3, 0.4) is 0 Å². The number of hydrogen-bond acceptors (Lipinski definition) is 4.